The lowest BCUT2D eigenvalue weighted by molar-refractivity contribution is 0.428. The van der Waals surface area contributed by atoms with Gasteiger partial charge in [-0.1, -0.05) is 32.1 Å². The van der Waals surface area contributed by atoms with E-state index in [1.54, 1.807) is 0 Å². The number of allylic oxidation sites excluding steroid dienone is 3. The highest BCUT2D eigenvalue weighted by Crippen LogP contribution is 2.32. The van der Waals surface area contributed by atoms with Crippen LogP contribution in [0, 0.1) is 6.92 Å². The number of hydrogen-bond donors (Lipinski definition) is 0. The Hall–Kier alpha value is -2.75. The van der Waals surface area contributed by atoms with E-state index in [-0.39, 0.29) is 0 Å². The van der Waals surface area contributed by atoms with Crippen molar-refractivity contribution >= 4 is 17.0 Å². The second-order valence-corrected chi connectivity index (χ2v) is 7.86. The van der Waals surface area contributed by atoms with Crippen LogP contribution in [0.1, 0.15) is 71.6 Å². The average molecular weight is 405 g/mol. The summed E-state index contributed by atoms with van der Waals surface area (Å²) >= 11 is 0. The molecule has 1 aromatic heterocycles. The zero-order valence-corrected chi connectivity index (χ0v) is 19.8. The Labute approximate surface area is 182 Å². The first-order valence-corrected chi connectivity index (χ1v) is 10.8. The molecule has 0 N–H and O–H groups in total. The van der Waals surface area contributed by atoms with Crippen molar-refractivity contribution in [1.29, 1.82) is 0 Å². The average Bonchev–Trinajstić information content (AvgIpc) is 3.20. The van der Waals surface area contributed by atoms with Crippen molar-refractivity contribution in [2.75, 3.05) is 7.05 Å². The van der Waals surface area contributed by atoms with Crippen LogP contribution in [0.25, 0.3) is 16.7 Å². The van der Waals surface area contributed by atoms with Gasteiger partial charge in [-0.05, 0) is 76.3 Å². The lowest BCUT2D eigenvalue weighted by atomic mass is 9.93. The molecule has 0 saturated heterocycles. The molecule has 0 spiro atoms. The Morgan fingerprint density at radius 1 is 1.13 bits per heavy atom. The van der Waals surface area contributed by atoms with Gasteiger partial charge in [-0.2, -0.15) is 5.10 Å². The second kappa shape index (κ2) is 10.9. The molecule has 2 aromatic rings. The molecule has 0 fully saturated rings. The third kappa shape index (κ3) is 5.65. The fourth-order valence-corrected chi connectivity index (χ4v) is 3.56. The Bertz CT molecular complexity index is 978. The third-order valence-electron chi connectivity index (χ3n) is 5.39. The van der Waals surface area contributed by atoms with E-state index in [0.717, 1.165) is 41.1 Å². The van der Waals surface area contributed by atoms with Crippen LogP contribution in [0.5, 0.6) is 0 Å². The molecule has 0 aliphatic carbocycles. The smallest absolute Gasteiger partial charge is 0.0721 e. The van der Waals surface area contributed by atoms with Gasteiger partial charge in [0.15, 0.2) is 0 Å². The summed E-state index contributed by atoms with van der Waals surface area (Å²) in [6.45, 7) is 14.7. The molecule has 2 rings (SSSR count). The van der Waals surface area contributed by atoms with Gasteiger partial charge >= 0.3 is 0 Å². The van der Waals surface area contributed by atoms with E-state index in [2.05, 4.69) is 79.0 Å². The van der Waals surface area contributed by atoms with Crippen molar-refractivity contribution in [3.8, 4) is 11.1 Å². The zero-order chi connectivity index (χ0) is 22.3. The van der Waals surface area contributed by atoms with Crippen LogP contribution in [0.2, 0.25) is 0 Å². The van der Waals surface area contributed by atoms with Gasteiger partial charge in [0, 0.05) is 35.8 Å². The predicted molar refractivity (Wildman–Crippen MR) is 132 cm³/mol. The van der Waals surface area contributed by atoms with Crippen LogP contribution in [0.3, 0.4) is 0 Å². The maximum Gasteiger partial charge on any atom is 0.0721 e. The fourth-order valence-electron chi connectivity index (χ4n) is 3.56. The van der Waals surface area contributed by atoms with E-state index in [0.29, 0.717) is 6.04 Å². The third-order valence-corrected chi connectivity index (χ3v) is 5.39. The van der Waals surface area contributed by atoms with Crippen molar-refractivity contribution in [2.24, 2.45) is 9.98 Å². The van der Waals surface area contributed by atoms with Crippen molar-refractivity contribution in [3.63, 3.8) is 0 Å². The lowest BCUT2D eigenvalue weighted by Crippen LogP contribution is -2.06. The number of aromatic nitrogens is 2. The number of aryl methyl sites for hydroxylation is 1. The molecule has 0 aliphatic heterocycles. The Kier molecular flexibility index (Phi) is 8.52. The fraction of sp³-hybridized carbons (Fsp3) is 0.423. The van der Waals surface area contributed by atoms with Crippen molar-refractivity contribution in [2.45, 2.75) is 67.3 Å². The standard InChI is InChI=1S/C26H36N4/c1-9-23(10-2)30-17-22(16-28-30)21-13-12-19(6)25(15-21)24(11-3)26(29-18(4)5)14-20(7)27-8/h11-17,23H,9-10H2,1-8H3/b24-11+,26-14-,27-20?. The maximum absolute atomic E-state index is 4.82. The summed E-state index contributed by atoms with van der Waals surface area (Å²) in [7, 11) is 1.81. The number of aliphatic imine (C=N–C) groups is 2. The molecule has 4 nitrogen and oxygen atoms in total. The van der Waals surface area contributed by atoms with Gasteiger partial charge in [-0.25, -0.2) is 0 Å². The quantitative estimate of drug-likeness (QED) is 0.342. The monoisotopic (exact) mass is 404 g/mol. The molecule has 160 valence electrons. The minimum atomic E-state index is 0.447. The maximum atomic E-state index is 4.82. The normalized spacial score (nSPS) is 13.2. The summed E-state index contributed by atoms with van der Waals surface area (Å²) < 4.78 is 2.10. The van der Waals surface area contributed by atoms with Crippen LogP contribution < -0.4 is 0 Å². The number of rotatable bonds is 8. The number of hydrogen-bond acceptors (Lipinski definition) is 3. The van der Waals surface area contributed by atoms with Gasteiger partial charge in [-0.3, -0.25) is 14.7 Å². The van der Waals surface area contributed by atoms with Crippen molar-refractivity contribution in [1.82, 2.24) is 9.78 Å². The molecule has 4 heteroatoms. The molecule has 0 bridgehead atoms. The lowest BCUT2D eigenvalue weighted by Gasteiger charge is -2.14. The van der Waals surface area contributed by atoms with E-state index in [9.17, 15) is 0 Å². The Morgan fingerprint density at radius 3 is 2.40 bits per heavy atom. The summed E-state index contributed by atoms with van der Waals surface area (Å²) in [5.74, 6) is 0. The zero-order valence-electron chi connectivity index (χ0n) is 19.8. The van der Waals surface area contributed by atoms with Crippen LogP contribution in [-0.4, -0.2) is 28.3 Å². The summed E-state index contributed by atoms with van der Waals surface area (Å²) in [6, 6.07) is 7.06. The van der Waals surface area contributed by atoms with E-state index >= 15 is 0 Å². The van der Waals surface area contributed by atoms with E-state index < -0.39 is 0 Å². The van der Waals surface area contributed by atoms with Crippen LogP contribution in [-0.2, 0) is 0 Å². The Balaban J connectivity index is 2.56. The van der Waals surface area contributed by atoms with E-state index in [1.807, 2.05) is 34.0 Å². The van der Waals surface area contributed by atoms with Gasteiger partial charge in [-0.15, -0.1) is 0 Å². The summed E-state index contributed by atoms with van der Waals surface area (Å²) in [5.41, 5.74) is 8.75. The largest absolute Gasteiger partial charge is 0.293 e. The highest BCUT2D eigenvalue weighted by molar-refractivity contribution is 5.98. The van der Waals surface area contributed by atoms with Crippen LogP contribution in [0.4, 0.5) is 0 Å². The minimum absolute atomic E-state index is 0.447. The highest BCUT2D eigenvalue weighted by Gasteiger charge is 2.14. The first kappa shape index (κ1) is 23.5. The molecule has 0 unspecified atom stereocenters. The topological polar surface area (TPSA) is 42.5 Å². The molecule has 0 amide bonds. The van der Waals surface area contributed by atoms with Gasteiger partial charge in [0.2, 0.25) is 0 Å². The molecule has 0 radical (unpaired) electrons. The predicted octanol–water partition coefficient (Wildman–Crippen LogP) is 7.08. The molecule has 30 heavy (non-hydrogen) atoms. The van der Waals surface area contributed by atoms with Gasteiger partial charge < -0.3 is 0 Å². The van der Waals surface area contributed by atoms with Gasteiger partial charge in [0.25, 0.3) is 0 Å². The number of nitrogens with zero attached hydrogens (tertiary/aromatic N) is 4. The van der Waals surface area contributed by atoms with E-state index in [1.165, 1.54) is 16.7 Å². The van der Waals surface area contributed by atoms with Crippen LogP contribution >= 0.6 is 0 Å². The molecule has 0 saturated carbocycles. The second-order valence-electron chi connectivity index (χ2n) is 7.86. The summed E-state index contributed by atoms with van der Waals surface area (Å²) in [4.78, 5) is 9.12. The number of benzene rings is 1. The molecular formula is C26H36N4. The SMILES string of the molecule is C/C=C(/C(=C/C(C)=NC)N=C(C)C)c1cc(-c2cnn(C(CC)CC)c2)ccc1C. The minimum Gasteiger partial charge on any atom is -0.293 e. The summed E-state index contributed by atoms with van der Waals surface area (Å²) in [6.07, 6.45) is 10.5. The Morgan fingerprint density at radius 2 is 1.83 bits per heavy atom. The highest BCUT2D eigenvalue weighted by atomic mass is 15.3. The molecular weight excluding hydrogens is 368 g/mol. The van der Waals surface area contributed by atoms with Crippen molar-refractivity contribution < 1.29 is 0 Å². The van der Waals surface area contributed by atoms with Crippen molar-refractivity contribution in [3.05, 3.63) is 59.6 Å². The summed E-state index contributed by atoms with van der Waals surface area (Å²) in [5, 5.41) is 4.63. The molecule has 0 atom stereocenters. The van der Waals surface area contributed by atoms with Gasteiger partial charge in [0.05, 0.1) is 17.9 Å². The van der Waals surface area contributed by atoms with Crippen LogP contribution in [0.15, 0.2) is 58.4 Å². The first-order valence-electron chi connectivity index (χ1n) is 10.8. The molecule has 1 heterocycles. The van der Waals surface area contributed by atoms with E-state index in [4.69, 9.17) is 4.99 Å². The van der Waals surface area contributed by atoms with Gasteiger partial charge in [0.1, 0.15) is 0 Å². The first-order chi connectivity index (χ1) is 14.3. The molecule has 1 aromatic carbocycles. The molecule has 0 aliphatic rings.